The monoisotopic (exact) mass is 464 g/mol. The highest BCUT2D eigenvalue weighted by Crippen LogP contribution is 2.45. The Morgan fingerprint density at radius 1 is 1.22 bits per heavy atom. The van der Waals surface area contributed by atoms with Gasteiger partial charge in [-0.1, -0.05) is 63.6 Å². The van der Waals surface area contributed by atoms with Gasteiger partial charge in [0, 0.05) is 17.7 Å². The number of ether oxygens (including phenoxy) is 1. The Morgan fingerprint density at radius 3 is 2.53 bits per heavy atom. The van der Waals surface area contributed by atoms with E-state index in [4.69, 9.17) is 11.6 Å². The molecular formula is C27H41ClO4. The molecule has 5 heteroatoms. The van der Waals surface area contributed by atoms with Gasteiger partial charge in [-0.05, 0) is 61.0 Å². The van der Waals surface area contributed by atoms with E-state index < -0.39 is 12.2 Å². The molecule has 5 atom stereocenters. The lowest BCUT2D eigenvalue weighted by Crippen LogP contribution is -2.18. The zero-order chi connectivity index (χ0) is 23.7. The Hall–Kier alpha value is -1.36. The van der Waals surface area contributed by atoms with Gasteiger partial charge >= 0.3 is 5.97 Å². The Morgan fingerprint density at radius 2 is 1.91 bits per heavy atom. The van der Waals surface area contributed by atoms with Crippen LogP contribution in [0.1, 0.15) is 95.3 Å². The maximum absolute atomic E-state index is 11.2. The van der Waals surface area contributed by atoms with Crippen LogP contribution in [0.15, 0.2) is 36.4 Å². The fourth-order valence-corrected chi connectivity index (χ4v) is 5.04. The van der Waals surface area contributed by atoms with Crippen LogP contribution in [0.5, 0.6) is 0 Å². The van der Waals surface area contributed by atoms with Crippen molar-refractivity contribution >= 4 is 17.6 Å². The van der Waals surface area contributed by atoms with Crippen molar-refractivity contribution in [2.75, 3.05) is 7.11 Å². The summed E-state index contributed by atoms with van der Waals surface area (Å²) in [6.45, 7) is 6.66. The van der Waals surface area contributed by atoms with Gasteiger partial charge in [-0.2, -0.15) is 0 Å². The molecule has 0 aromatic heterocycles. The lowest BCUT2D eigenvalue weighted by molar-refractivity contribution is -0.140. The third-order valence-electron chi connectivity index (χ3n) is 6.47. The fraction of sp³-hybridized carbons (Fsp3) is 0.667. The van der Waals surface area contributed by atoms with Crippen molar-refractivity contribution in [2.45, 2.75) is 95.6 Å². The van der Waals surface area contributed by atoms with Gasteiger partial charge in [0.05, 0.1) is 19.3 Å². The van der Waals surface area contributed by atoms with Gasteiger partial charge in [-0.3, -0.25) is 4.79 Å². The Balaban J connectivity index is 1.93. The Labute approximate surface area is 199 Å². The summed E-state index contributed by atoms with van der Waals surface area (Å²) in [6, 6.07) is 8.06. The maximum atomic E-state index is 11.2. The highest BCUT2D eigenvalue weighted by atomic mass is 35.5. The van der Waals surface area contributed by atoms with E-state index in [0.717, 1.165) is 49.7 Å². The second kappa shape index (κ2) is 12.8. The maximum Gasteiger partial charge on any atom is 0.305 e. The number of halogens is 1. The number of rotatable bonds is 11. The number of alkyl halides is 1. The van der Waals surface area contributed by atoms with E-state index in [0.29, 0.717) is 12.8 Å². The summed E-state index contributed by atoms with van der Waals surface area (Å²) in [5.41, 5.74) is 2.29. The van der Waals surface area contributed by atoms with Crippen LogP contribution in [-0.4, -0.2) is 34.8 Å². The third-order valence-corrected chi connectivity index (χ3v) is 6.97. The standard InChI is InChI=1S/C27H41ClO4/c1-27(2,3)17-9-11-23(29)19-13-15-20(16-14-19)26-21(22(28)18-24(26)30)10-7-5-6-8-12-25(31)32-4/h5,7,13-16,21-24,26,29-30H,6,8-12,17-18H2,1-4H3/t21-,22+,23?,24+,26+/m0/s1. The normalized spacial score (nSPS) is 24.7. The first-order chi connectivity index (χ1) is 15.1. The molecule has 1 unspecified atom stereocenters. The summed E-state index contributed by atoms with van der Waals surface area (Å²) in [5, 5.41) is 21.2. The SMILES string of the molecule is COC(=O)CCCC=CC[C@@H]1[C@@H](c2ccc(C(O)CCCC(C)(C)C)cc2)[C@H](O)C[C@H]1Cl. The molecule has 0 amide bonds. The Bertz CT molecular complexity index is 722. The van der Waals surface area contributed by atoms with Crippen LogP contribution in [0.4, 0.5) is 0 Å². The highest BCUT2D eigenvalue weighted by Gasteiger charge is 2.41. The van der Waals surface area contributed by atoms with Gasteiger partial charge in [0.2, 0.25) is 0 Å². The third kappa shape index (κ3) is 8.53. The molecule has 0 radical (unpaired) electrons. The van der Waals surface area contributed by atoms with E-state index in [9.17, 15) is 15.0 Å². The van der Waals surface area contributed by atoms with Crippen molar-refractivity contribution < 1.29 is 19.7 Å². The molecule has 1 aliphatic rings. The number of methoxy groups -OCH3 is 1. The predicted octanol–water partition coefficient (Wildman–Crippen LogP) is 6.30. The van der Waals surface area contributed by atoms with Crippen LogP contribution in [-0.2, 0) is 9.53 Å². The van der Waals surface area contributed by atoms with E-state index in [1.807, 2.05) is 24.3 Å². The second-order valence-electron chi connectivity index (χ2n) is 10.3. The minimum atomic E-state index is -0.460. The summed E-state index contributed by atoms with van der Waals surface area (Å²) in [5.74, 6) is -0.0312. The summed E-state index contributed by atoms with van der Waals surface area (Å²) in [4.78, 5) is 11.2. The van der Waals surface area contributed by atoms with Crippen molar-refractivity contribution in [2.24, 2.45) is 11.3 Å². The number of aliphatic hydroxyl groups is 2. The largest absolute Gasteiger partial charge is 0.469 e. The summed E-state index contributed by atoms with van der Waals surface area (Å²) < 4.78 is 4.66. The van der Waals surface area contributed by atoms with Crippen molar-refractivity contribution in [3.8, 4) is 0 Å². The molecule has 2 N–H and O–H groups in total. The molecule has 4 nitrogen and oxygen atoms in total. The molecule has 1 fully saturated rings. The average Bonchev–Trinajstić information content (AvgIpc) is 3.02. The van der Waals surface area contributed by atoms with Crippen molar-refractivity contribution in [3.05, 3.63) is 47.5 Å². The first kappa shape index (κ1) is 26.9. The molecule has 1 aromatic rings. The molecule has 0 spiro atoms. The number of aliphatic hydroxyl groups excluding tert-OH is 2. The van der Waals surface area contributed by atoms with Crippen LogP contribution in [0, 0.1) is 11.3 Å². The molecule has 0 bridgehead atoms. The summed E-state index contributed by atoms with van der Waals surface area (Å²) >= 11 is 6.60. The van der Waals surface area contributed by atoms with Crippen molar-refractivity contribution in [1.29, 1.82) is 0 Å². The summed E-state index contributed by atoms with van der Waals surface area (Å²) in [7, 11) is 1.41. The van der Waals surface area contributed by atoms with Crippen molar-refractivity contribution in [3.63, 3.8) is 0 Å². The molecule has 1 aromatic carbocycles. The van der Waals surface area contributed by atoms with E-state index in [2.05, 4.69) is 37.7 Å². The summed E-state index contributed by atoms with van der Waals surface area (Å²) in [6.07, 6.45) is 9.54. The Kier molecular flexibility index (Phi) is 10.7. The number of hydrogen-bond acceptors (Lipinski definition) is 4. The molecular weight excluding hydrogens is 424 g/mol. The first-order valence-electron chi connectivity index (χ1n) is 11.9. The van der Waals surface area contributed by atoms with Crippen LogP contribution in [0.25, 0.3) is 0 Å². The van der Waals surface area contributed by atoms with E-state index in [-0.39, 0.29) is 28.6 Å². The zero-order valence-corrected chi connectivity index (χ0v) is 20.9. The quantitative estimate of drug-likeness (QED) is 0.174. The number of benzene rings is 1. The second-order valence-corrected chi connectivity index (χ2v) is 10.9. The van der Waals surface area contributed by atoms with E-state index >= 15 is 0 Å². The van der Waals surface area contributed by atoms with Gasteiger partial charge in [0.15, 0.2) is 0 Å². The number of allylic oxidation sites excluding steroid dienone is 2. The minimum absolute atomic E-state index is 0.00991. The molecule has 0 heterocycles. The van der Waals surface area contributed by atoms with Gasteiger partial charge in [-0.25, -0.2) is 0 Å². The van der Waals surface area contributed by atoms with Gasteiger partial charge in [-0.15, -0.1) is 11.6 Å². The molecule has 32 heavy (non-hydrogen) atoms. The van der Waals surface area contributed by atoms with Gasteiger partial charge in [0.25, 0.3) is 0 Å². The molecule has 0 saturated heterocycles. The minimum Gasteiger partial charge on any atom is -0.469 e. The van der Waals surface area contributed by atoms with E-state index in [1.165, 1.54) is 7.11 Å². The molecule has 180 valence electrons. The molecule has 2 rings (SSSR count). The fourth-order valence-electron chi connectivity index (χ4n) is 4.60. The number of carbonyl (C=O) groups excluding carboxylic acids is 1. The molecule has 1 aliphatic carbocycles. The smallest absolute Gasteiger partial charge is 0.305 e. The number of hydrogen-bond donors (Lipinski definition) is 2. The predicted molar refractivity (Wildman–Crippen MR) is 131 cm³/mol. The van der Waals surface area contributed by atoms with E-state index in [1.54, 1.807) is 0 Å². The number of esters is 1. The van der Waals surface area contributed by atoms with Crippen LogP contribution < -0.4 is 0 Å². The topological polar surface area (TPSA) is 66.8 Å². The number of carbonyl (C=O) groups is 1. The van der Waals surface area contributed by atoms with Gasteiger partial charge in [0.1, 0.15) is 0 Å². The first-order valence-corrected chi connectivity index (χ1v) is 12.4. The molecule has 0 aliphatic heterocycles. The van der Waals surface area contributed by atoms with Crippen LogP contribution in [0.3, 0.4) is 0 Å². The number of unbranched alkanes of at least 4 members (excludes halogenated alkanes) is 1. The van der Waals surface area contributed by atoms with Crippen LogP contribution in [0.2, 0.25) is 0 Å². The zero-order valence-electron chi connectivity index (χ0n) is 20.1. The average molecular weight is 465 g/mol. The van der Waals surface area contributed by atoms with Crippen LogP contribution >= 0.6 is 11.6 Å². The van der Waals surface area contributed by atoms with Crippen molar-refractivity contribution in [1.82, 2.24) is 0 Å². The van der Waals surface area contributed by atoms with Gasteiger partial charge < -0.3 is 14.9 Å². The highest BCUT2D eigenvalue weighted by molar-refractivity contribution is 6.21. The molecule has 1 saturated carbocycles. The lowest BCUT2D eigenvalue weighted by atomic mass is 9.84. The lowest BCUT2D eigenvalue weighted by Gasteiger charge is -2.24.